The van der Waals surface area contributed by atoms with E-state index in [9.17, 15) is 9.59 Å². The molecule has 0 radical (unpaired) electrons. The molecule has 7 heteroatoms. The fraction of sp³-hybridized carbons (Fsp3) is 0.0833. The van der Waals surface area contributed by atoms with Gasteiger partial charge in [0.05, 0.1) is 0 Å². The minimum absolute atomic E-state index is 0.131. The van der Waals surface area contributed by atoms with E-state index < -0.39 is 11.6 Å². The fourth-order valence-electron chi connectivity index (χ4n) is 1.73. The zero-order valence-electron chi connectivity index (χ0n) is 10.0. The summed E-state index contributed by atoms with van der Waals surface area (Å²) in [5, 5.41) is 7.84. The van der Waals surface area contributed by atoms with Crippen molar-refractivity contribution in [2.24, 2.45) is 7.05 Å². The van der Waals surface area contributed by atoms with E-state index in [0.717, 1.165) is 0 Å². The second kappa shape index (κ2) is 4.13. The Hall–Kier alpha value is -2.83. The maximum Gasteiger partial charge on any atom is 0.253 e. The highest BCUT2D eigenvalue weighted by molar-refractivity contribution is 6.48. The van der Waals surface area contributed by atoms with Gasteiger partial charge in [-0.3, -0.25) is 14.3 Å². The zero-order valence-corrected chi connectivity index (χ0v) is 10.0. The van der Waals surface area contributed by atoms with Crippen LogP contribution in [0.25, 0.3) is 5.65 Å². The fourth-order valence-corrected chi connectivity index (χ4v) is 1.73. The van der Waals surface area contributed by atoms with E-state index in [4.69, 9.17) is 0 Å². The number of carbonyl (C=O) groups is 2. The number of ketones is 2. The number of carbonyl (C=O) groups excluding carboxylic acids is 2. The van der Waals surface area contributed by atoms with Crippen LogP contribution in [0.3, 0.4) is 0 Å². The molecule has 0 saturated heterocycles. The van der Waals surface area contributed by atoms with Crippen LogP contribution in [0, 0.1) is 0 Å². The molecule has 3 rings (SSSR count). The molecule has 0 N–H and O–H groups in total. The standard InChI is InChI=1S/C12H9N5O2/c1-16-5-4-9(15-16)12(19)11(18)8-2-3-10-13-7-14-17(10)6-8/h2-7H,1H3. The lowest BCUT2D eigenvalue weighted by molar-refractivity contribution is 0.0813. The number of hydrogen-bond acceptors (Lipinski definition) is 5. The van der Waals surface area contributed by atoms with E-state index in [1.165, 1.54) is 27.8 Å². The Morgan fingerprint density at radius 3 is 2.74 bits per heavy atom. The molecule has 0 atom stereocenters. The van der Waals surface area contributed by atoms with Crippen LogP contribution in [0.4, 0.5) is 0 Å². The van der Waals surface area contributed by atoms with Gasteiger partial charge in [-0.25, -0.2) is 9.50 Å². The van der Waals surface area contributed by atoms with Crippen LogP contribution in [0.15, 0.2) is 36.9 Å². The molecule has 0 aliphatic carbocycles. The van der Waals surface area contributed by atoms with Crippen molar-refractivity contribution in [3.05, 3.63) is 48.2 Å². The molecule has 3 heterocycles. The van der Waals surface area contributed by atoms with E-state index >= 15 is 0 Å². The number of rotatable bonds is 3. The van der Waals surface area contributed by atoms with Crippen LogP contribution in [0.1, 0.15) is 20.8 Å². The highest BCUT2D eigenvalue weighted by atomic mass is 16.2. The van der Waals surface area contributed by atoms with Crippen LogP contribution in [0.5, 0.6) is 0 Å². The van der Waals surface area contributed by atoms with E-state index in [2.05, 4.69) is 15.2 Å². The van der Waals surface area contributed by atoms with Crippen molar-refractivity contribution in [2.75, 3.05) is 0 Å². The van der Waals surface area contributed by atoms with Gasteiger partial charge >= 0.3 is 0 Å². The minimum Gasteiger partial charge on any atom is -0.285 e. The Bertz CT molecular complexity index is 786. The Morgan fingerprint density at radius 1 is 1.16 bits per heavy atom. The van der Waals surface area contributed by atoms with Gasteiger partial charge in [0.2, 0.25) is 5.78 Å². The van der Waals surface area contributed by atoms with Gasteiger partial charge in [-0.2, -0.15) is 10.2 Å². The van der Waals surface area contributed by atoms with Gasteiger partial charge in [0.25, 0.3) is 5.78 Å². The molecule has 94 valence electrons. The van der Waals surface area contributed by atoms with Crippen molar-refractivity contribution in [2.45, 2.75) is 0 Å². The van der Waals surface area contributed by atoms with Gasteiger partial charge in [-0.05, 0) is 18.2 Å². The third-order valence-corrected chi connectivity index (χ3v) is 2.69. The van der Waals surface area contributed by atoms with Gasteiger partial charge < -0.3 is 0 Å². The molecule has 0 fully saturated rings. The lowest BCUT2D eigenvalue weighted by atomic mass is 10.1. The van der Waals surface area contributed by atoms with Crippen LogP contribution >= 0.6 is 0 Å². The third-order valence-electron chi connectivity index (χ3n) is 2.69. The highest BCUT2D eigenvalue weighted by Gasteiger charge is 2.21. The Balaban J connectivity index is 1.96. The second-order valence-electron chi connectivity index (χ2n) is 4.01. The van der Waals surface area contributed by atoms with Crippen molar-refractivity contribution in [3.8, 4) is 0 Å². The van der Waals surface area contributed by atoms with Gasteiger partial charge in [0.15, 0.2) is 5.65 Å². The molecule has 0 unspecified atom stereocenters. The number of aryl methyl sites for hydroxylation is 1. The highest BCUT2D eigenvalue weighted by Crippen LogP contribution is 2.07. The summed E-state index contributed by atoms with van der Waals surface area (Å²) in [4.78, 5) is 28.0. The summed E-state index contributed by atoms with van der Waals surface area (Å²) >= 11 is 0. The second-order valence-corrected chi connectivity index (χ2v) is 4.01. The molecule has 0 spiro atoms. The third kappa shape index (κ3) is 1.90. The predicted molar refractivity (Wildman–Crippen MR) is 64.9 cm³/mol. The first kappa shape index (κ1) is 11.3. The smallest absolute Gasteiger partial charge is 0.253 e. The average Bonchev–Trinajstić information content (AvgIpc) is 3.04. The van der Waals surface area contributed by atoms with Crippen molar-refractivity contribution < 1.29 is 9.59 Å². The maximum absolute atomic E-state index is 12.1. The Labute approximate surface area is 107 Å². The predicted octanol–water partition coefficient (Wildman–Crippen LogP) is 0.528. The Morgan fingerprint density at radius 2 is 2.00 bits per heavy atom. The number of fused-ring (bicyclic) bond motifs is 1. The molecule has 3 aromatic rings. The molecular formula is C12H9N5O2. The molecule has 0 bridgehead atoms. The molecule has 0 saturated carbocycles. The normalized spacial score (nSPS) is 10.8. The Kier molecular flexibility index (Phi) is 2.45. The molecule has 19 heavy (non-hydrogen) atoms. The van der Waals surface area contributed by atoms with Crippen molar-refractivity contribution in [1.82, 2.24) is 24.4 Å². The largest absolute Gasteiger partial charge is 0.285 e. The van der Waals surface area contributed by atoms with Gasteiger partial charge in [0, 0.05) is 25.0 Å². The SMILES string of the molecule is Cn1ccc(C(=O)C(=O)c2ccc3ncnn3c2)n1. The summed E-state index contributed by atoms with van der Waals surface area (Å²) in [6.07, 6.45) is 4.47. The topological polar surface area (TPSA) is 82.1 Å². The van der Waals surface area contributed by atoms with Gasteiger partial charge in [-0.15, -0.1) is 0 Å². The molecule has 0 aromatic carbocycles. The summed E-state index contributed by atoms with van der Waals surface area (Å²) in [7, 11) is 1.68. The summed E-state index contributed by atoms with van der Waals surface area (Å²) in [5.74, 6) is -1.25. The van der Waals surface area contributed by atoms with Crippen molar-refractivity contribution >= 4 is 17.2 Å². The van der Waals surface area contributed by atoms with Gasteiger partial charge in [0.1, 0.15) is 12.0 Å². The first-order chi connectivity index (χ1) is 9.15. The van der Waals surface area contributed by atoms with Crippen LogP contribution < -0.4 is 0 Å². The van der Waals surface area contributed by atoms with E-state index in [0.29, 0.717) is 5.65 Å². The molecule has 3 aromatic heterocycles. The van der Waals surface area contributed by atoms with E-state index in [-0.39, 0.29) is 11.3 Å². The van der Waals surface area contributed by atoms with Crippen molar-refractivity contribution in [1.29, 1.82) is 0 Å². The molecular weight excluding hydrogens is 246 g/mol. The number of Topliss-reactive ketones (excluding diaryl/α,β-unsaturated/α-hetero) is 2. The lowest BCUT2D eigenvalue weighted by Gasteiger charge is -1.99. The summed E-state index contributed by atoms with van der Waals surface area (Å²) in [6.45, 7) is 0. The lowest BCUT2D eigenvalue weighted by Crippen LogP contribution is -2.16. The van der Waals surface area contributed by atoms with Crippen molar-refractivity contribution in [3.63, 3.8) is 0 Å². The minimum atomic E-state index is -0.639. The summed E-state index contributed by atoms with van der Waals surface area (Å²) in [6, 6.07) is 4.69. The van der Waals surface area contributed by atoms with E-state index in [1.54, 1.807) is 25.4 Å². The van der Waals surface area contributed by atoms with Gasteiger partial charge in [-0.1, -0.05) is 0 Å². The average molecular weight is 255 g/mol. The molecule has 0 aliphatic rings. The summed E-state index contributed by atoms with van der Waals surface area (Å²) in [5.41, 5.74) is 1.00. The number of pyridine rings is 1. The monoisotopic (exact) mass is 255 g/mol. The maximum atomic E-state index is 12.1. The van der Waals surface area contributed by atoms with Crippen LogP contribution in [-0.2, 0) is 7.05 Å². The number of nitrogens with zero attached hydrogens (tertiary/aromatic N) is 5. The van der Waals surface area contributed by atoms with E-state index in [1.807, 2.05) is 0 Å². The number of aromatic nitrogens is 5. The molecule has 0 amide bonds. The first-order valence-electron chi connectivity index (χ1n) is 5.53. The first-order valence-corrected chi connectivity index (χ1v) is 5.53. The molecule has 0 aliphatic heterocycles. The number of hydrogen-bond donors (Lipinski definition) is 0. The zero-order chi connectivity index (χ0) is 13.4. The van der Waals surface area contributed by atoms with Crippen LogP contribution in [-0.4, -0.2) is 35.9 Å². The quantitative estimate of drug-likeness (QED) is 0.503. The summed E-state index contributed by atoms with van der Waals surface area (Å²) < 4.78 is 2.92. The molecule has 7 nitrogen and oxygen atoms in total. The van der Waals surface area contributed by atoms with Crippen LogP contribution in [0.2, 0.25) is 0 Å².